The molecule has 0 amide bonds. The lowest BCUT2D eigenvalue weighted by atomic mass is 10.0. The van der Waals surface area contributed by atoms with Crippen molar-refractivity contribution in [2.45, 2.75) is 26.7 Å². The van der Waals surface area contributed by atoms with Gasteiger partial charge >= 0.3 is 5.63 Å². The van der Waals surface area contributed by atoms with E-state index in [0.29, 0.717) is 23.5 Å². The Kier molecular flexibility index (Phi) is 7.29. The van der Waals surface area contributed by atoms with Crippen molar-refractivity contribution in [2.75, 3.05) is 44.2 Å². The number of rotatable bonds is 8. The summed E-state index contributed by atoms with van der Waals surface area (Å²) in [7, 11) is 0. The van der Waals surface area contributed by atoms with Crippen molar-refractivity contribution in [2.24, 2.45) is 0 Å². The predicted molar refractivity (Wildman–Crippen MR) is 132 cm³/mol. The fraction of sp³-hybridized carbons (Fsp3) is 0.370. The van der Waals surface area contributed by atoms with Crippen LogP contribution < -0.4 is 15.3 Å². The number of carbonyl (C=O) groups is 1. The number of ketones is 1. The summed E-state index contributed by atoms with van der Waals surface area (Å²) in [5.74, 6) is 0.267. The molecule has 4 rings (SSSR count). The lowest BCUT2D eigenvalue weighted by molar-refractivity contribution is 0.101. The molecule has 1 fully saturated rings. The number of piperazine rings is 1. The van der Waals surface area contributed by atoms with Gasteiger partial charge in [0.25, 0.3) is 0 Å². The highest BCUT2D eigenvalue weighted by Gasteiger charge is 2.19. The van der Waals surface area contributed by atoms with E-state index in [4.69, 9.17) is 9.15 Å². The van der Waals surface area contributed by atoms with Gasteiger partial charge in [0.15, 0.2) is 11.4 Å². The van der Waals surface area contributed by atoms with Crippen molar-refractivity contribution in [3.63, 3.8) is 0 Å². The molecule has 3 aromatic rings. The van der Waals surface area contributed by atoms with Crippen molar-refractivity contribution in [1.29, 1.82) is 5.26 Å². The zero-order valence-corrected chi connectivity index (χ0v) is 19.7. The van der Waals surface area contributed by atoms with Crippen LogP contribution in [0.15, 0.2) is 51.7 Å². The van der Waals surface area contributed by atoms with Gasteiger partial charge in [-0.05, 0) is 63.1 Å². The van der Waals surface area contributed by atoms with Gasteiger partial charge in [-0.1, -0.05) is 12.1 Å². The van der Waals surface area contributed by atoms with Crippen molar-refractivity contribution in [3.8, 4) is 11.8 Å². The molecule has 0 radical (unpaired) electrons. The smallest absolute Gasteiger partial charge is 0.336 e. The van der Waals surface area contributed by atoms with Crippen LogP contribution in [0.5, 0.6) is 5.75 Å². The van der Waals surface area contributed by atoms with Gasteiger partial charge in [-0.25, -0.2) is 4.79 Å². The van der Waals surface area contributed by atoms with E-state index < -0.39 is 5.63 Å². The fourth-order valence-electron chi connectivity index (χ4n) is 4.50. The Morgan fingerprint density at radius 2 is 1.88 bits per heavy atom. The van der Waals surface area contributed by atoms with Crippen molar-refractivity contribution >= 4 is 22.4 Å². The molecule has 7 nitrogen and oxygen atoms in total. The molecule has 0 aliphatic carbocycles. The standard InChI is InChI=1S/C27H29N3O4/c1-19-17-25(32)34-27-22(19)9-10-24(26(27)20(2)31)33-16-6-5-11-29-12-14-30(15-13-29)23-8-4-3-7-21(23)18-28/h3-4,7-10,17H,5-6,11-16H2,1-2H3. The molecule has 1 aromatic heterocycles. The second kappa shape index (κ2) is 10.5. The molecule has 0 bridgehead atoms. The Morgan fingerprint density at radius 1 is 1.12 bits per heavy atom. The van der Waals surface area contributed by atoms with Gasteiger partial charge in [0.2, 0.25) is 0 Å². The molecule has 2 aromatic carbocycles. The van der Waals surface area contributed by atoms with E-state index in [1.54, 1.807) is 6.07 Å². The van der Waals surface area contributed by atoms with Crippen molar-refractivity contribution < 1.29 is 13.9 Å². The molecule has 2 heterocycles. The summed E-state index contributed by atoms with van der Waals surface area (Å²) >= 11 is 0. The summed E-state index contributed by atoms with van der Waals surface area (Å²) in [6.07, 6.45) is 1.83. The minimum absolute atomic E-state index is 0.190. The first kappa shape index (κ1) is 23.5. The zero-order valence-electron chi connectivity index (χ0n) is 19.7. The maximum Gasteiger partial charge on any atom is 0.336 e. The number of fused-ring (bicyclic) bond motifs is 1. The third-order valence-corrected chi connectivity index (χ3v) is 6.30. The Morgan fingerprint density at radius 3 is 2.62 bits per heavy atom. The highest BCUT2D eigenvalue weighted by Crippen LogP contribution is 2.29. The first-order chi connectivity index (χ1) is 16.5. The molecule has 176 valence electrons. The van der Waals surface area contributed by atoms with Gasteiger partial charge in [0.05, 0.1) is 17.9 Å². The number of nitrogens with zero attached hydrogens (tertiary/aromatic N) is 3. The molecule has 0 unspecified atom stereocenters. The lowest BCUT2D eigenvalue weighted by Crippen LogP contribution is -2.46. The molecule has 7 heteroatoms. The number of ether oxygens (including phenoxy) is 1. The van der Waals surface area contributed by atoms with Crippen LogP contribution in [0.2, 0.25) is 0 Å². The molecule has 0 spiro atoms. The van der Waals surface area contributed by atoms with E-state index in [1.165, 1.54) is 13.0 Å². The van der Waals surface area contributed by atoms with Gasteiger partial charge in [0.1, 0.15) is 17.4 Å². The number of Topliss-reactive ketones (excluding diaryl/α,β-unsaturated/α-hetero) is 1. The fourth-order valence-corrected chi connectivity index (χ4v) is 4.50. The van der Waals surface area contributed by atoms with Gasteiger partial charge in [-0.15, -0.1) is 0 Å². The average Bonchev–Trinajstić information content (AvgIpc) is 2.83. The maximum absolute atomic E-state index is 12.3. The Labute approximate surface area is 199 Å². The van der Waals surface area contributed by atoms with E-state index >= 15 is 0 Å². The normalized spacial score (nSPS) is 14.2. The van der Waals surface area contributed by atoms with Crippen LogP contribution in [0.25, 0.3) is 11.0 Å². The summed E-state index contributed by atoms with van der Waals surface area (Å²) in [4.78, 5) is 28.8. The van der Waals surface area contributed by atoms with E-state index in [-0.39, 0.29) is 5.78 Å². The second-order valence-corrected chi connectivity index (χ2v) is 8.63. The maximum atomic E-state index is 12.3. The van der Waals surface area contributed by atoms with E-state index in [9.17, 15) is 14.9 Å². The number of benzene rings is 2. The van der Waals surface area contributed by atoms with Crippen LogP contribution in [0.4, 0.5) is 5.69 Å². The molecular weight excluding hydrogens is 430 g/mol. The van der Waals surface area contributed by atoms with Crippen molar-refractivity contribution in [1.82, 2.24) is 4.90 Å². The Balaban J connectivity index is 1.28. The van der Waals surface area contributed by atoms with Gasteiger partial charge < -0.3 is 14.1 Å². The summed E-state index contributed by atoms with van der Waals surface area (Å²) in [5, 5.41) is 10.1. The van der Waals surface area contributed by atoms with Gasteiger partial charge in [-0.3, -0.25) is 9.69 Å². The molecule has 1 aliphatic rings. The average molecular weight is 460 g/mol. The Hall–Kier alpha value is -3.63. The SMILES string of the molecule is CC(=O)c1c(OCCCCN2CCN(c3ccccc3C#N)CC2)ccc2c(C)cc(=O)oc12. The molecular formula is C27H29N3O4. The highest BCUT2D eigenvalue weighted by molar-refractivity contribution is 6.07. The summed E-state index contributed by atoms with van der Waals surface area (Å²) in [5.41, 5.74) is 2.66. The van der Waals surface area contributed by atoms with Crippen LogP contribution in [-0.2, 0) is 0 Å². The number of unbranched alkanes of at least 4 members (excludes halogenated alkanes) is 1. The quantitative estimate of drug-likeness (QED) is 0.284. The summed E-state index contributed by atoms with van der Waals surface area (Å²) in [6.45, 7) is 8.46. The lowest BCUT2D eigenvalue weighted by Gasteiger charge is -2.36. The number of aryl methyl sites for hydroxylation is 1. The number of hydrogen-bond donors (Lipinski definition) is 0. The van der Waals surface area contributed by atoms with Crippen LogP contribution in [0, 0.1) is 18.3 Å². The number of para-hydroxylation sites is 1. The van der Waals surface area contributed by atoms with Crippen molar-refractivity contribution in [3.05, 3.63) is 69.6 Å². The van der Waals surface area contributed by atoms with Crippen LogP contribution >= 0.6 is 0 Å². The molecule has 0 N–H and O–H groups in total. The first-order valence-electron chi connectivity index (χ1n) is 11.7. The number of carbonyl (C=O) groups excluding carboxylic acids is 1. The highest BCUT2D eigenvalue weighted by atomic mass is 16.5. The van der Waals surface area contributed by atoms with Gasteiger partial charge in [-0.2, -0.15) is 5.26 Å². The molecule has 0 atom stereocenters. The topological polar surface area (TPSA) is 86.8 Å². The van der Waals surface area contributed by atoms with Crippen LogP contribution in [-0.4, -0.2) is 50.0 Å². The van der Waals surface area contributed by atoms with E-state index in [1.807, 2.05) is 37.3 Å². The Bertz CT molecular complexity index is 1280. The summed E-state index contributed by atoms with van der Waals surface area (Å²) < 4.78 is 11.3. The minimum Gasteiger partial charge on any atom is -0.493 e. The first-order valence-corrected chi connectivity index (χ1v) is 11.7. The minimum atomic E-state index is -0.471. The van der Waals surface area contributed by atoms with E-state index in [2.05, 4.69) is 15.9 Å². The third-order valence-electron chi connectivity index (χ3n) is 6.30. The van der Waals surface area contributed by atoms with Gasteiger partial charge in [0, 0.05) is 37.6 Å². The van der Waals surface area contributed by atoms with Crippen LogP contribution in [0.3, 0.4) is 0 Å². The third kappa shape index (κ3) is 5.13. The molecule has 0 saturated carbocycles. The van der Waals surface area contributed by atoms with E-state index in [0.717, 1.165) is 67.8 Å². The monoisotopic (exact) mass is 459 g/mol. The summed E-state index contributed by atoms with van der Waals surface area (Å²) in [6, 6.07) is 15.1. The molecule has 1 aliphatic heterocycles. The predicted octanol–water partition coefficient (Wildman–Crippen LogP) is 4.16. The number of hydrogen-bond acceptors (Lipinski definition) is 7. The molecule has 1 saturated heterocycles. The number of nitriles is 1. The number of anilines is 1. The largest absolute Gasteiger partial charge is 0.493 e. The zero-order chi connectivity index (χ0) is 24.1. The second-order valence-electron chi connectivity index (χ2n) is 8.63. The molecule has 34 heavy (non-hydrogen) atoms. The van der Waals surface area contributed by atoms with Crippen LogP contribution in [0.1, 0.15) is 41.3 Å².